The number of carbonyl (C=O) groups is 2. The van der Waals surface area contributed by atoms with Crippen molar-refractivity contribution in [3.8, 4) is 17.2 Å². The van der Waals surface area contributed by atoms with Gasteiger partial charge in [0, 0.05) is 13.1 Å². The molecule has 3 rings (SSSR count). The summed E-state index contributed by atoms with van der Waals surface area (Å²) in [5.74, 6) is -0.720. The summed E-state index contributed by atoms with van der Waals surface area (Å²) in [5, 5.41) is 19.4. The monoisotopic (exact) mass is 557 g/mol. The molecule has 0 aliphatic carbocycles. The largest absolute Gasteiger partial charge is 0.507 e. The van der Waals surface area contributed by atoms with Crippen LogP contribution in [0.5, 0.6) is 17.2 Å². The van der Waals surface area contributed by atoms with Gasteiger partial charge in [-0.15, -0.1) is 8.58 Å². The Balaban J connectivity index is 1.79. The Morgan fingerprint density at radius 1 is 1.17 bits per heavy atom. The summed E-state index contributed by atoms with van der Waals surface area (Å²) in [6, 6.07) is 8.57. The third-order valence-corrected chi connectivity index (χ3v) is 6.93. The molecule has 1 aliphatic rings. The van der Waals surface area contributed by atoms with E-state index < -0.39 is 11.9 Å². The zero-order valence-electron chi connectivity index (χ0n) is 16.3. The third kappa shape index (κ3) is 5.34. The molecule has 1 heterocycles. The number of amides is 1. The molecule has 30 heavy (non-hydrogen) atoms. The Morgan fingerprint density at radius 2 is 1.80 bits per heavy atom. The molecule has 1 saturated heterocycles. The van der Waals surface area contributed by atoms with Gasteiger partial charge >= 0.3 is 5.97 Å². The Labute approximate surface area is 193 Å². The predicted octanol–water partition coefficient (Wildman–Crippen LogP) is 5.45. The number of rotatable bonds is 6. The van der Waals surface area contributed by atoms with Crippen molar-refractivity contribution in [3.05, 3.63) is 50.4 Å². The average Bonchev–Trinajstić information content (AvgIpc) is 2.71. The standard InChI is InChI=1S/C21H22Br2NO5P/c1-30-11-12-8-16(22)19(17(23)9-12)29-14-2-3-18(25)15(10-14)20(26)24-6-4-13(5-7-24)21(27)28/h2-3,8-10,13,25,30H,4-7,11H2,1H3,(H,27,28). The van der Waals surface area contributed by atoms with Gasteiger partial charge in [-0.25, -0.2) is 0 Å². The molecule has 9 heteroatoms. The molecule has 6 nitrogen and oxygen atoms in total. The van der Waals surface area contributed by atoms with E-state index in [1.807, 2.05) is 12.1 Å². The Bertz CT molecular complexity index is 937. The van der Waals surface area contributed by atoms with Crippen molar-refractivity contribution in [2.45, 2.75) is 19.0 Å². The van der Waals surface area contributed by atoms with Crippen molar-refractivity contribution in [1.29, 1.82) is 0 Å². The highest BCUT2D eigenvalue weighted by Gasteiger charge is 2.28. The summed E-state index contributed by atoms with van der Waals surface area (Å²) in [4.78, 5) is 25.6. The molecule has 0 bridgehead atoms. The highest BCUT2D eigenvalue weighted by molar-refractivity contribution is 9.11. The maximum absolute atomic E-state index is 12.9. The van der Waals surface area contributed by atoms with Gasteiger partial charge in [0.2, 0.25) is 0 Å². The molecule has 2 aromatic carbocycles. The predicted molar refractivity (Wildman–Crippen MR) is 124 cm³/mol. The van der Waals surface area contributed by atoms with Gasteiger partial charge < -0.3 is 19.8 Å². The lowest BCUT2D eigenvalue weighted by atomic mass is 9.96. The molecule has 0 radical (unpaired) electrons. The summed E-state index contributed by atoms with van der Waals surface area (Å²) in [5.41, 5.74) is 1.32. The van der Waals surface area contributed by atoms with E-state index in [0.29, 0.717) is 37.4 Å². The van der Waals surface area contributed by atoms with Crippen LogP contribution < -0.4 is 4.74 Å². The lowest BCUT2D eigenvalue weighted by Gasteiger charge is -2.30. The van der Waals surface area contributed by atoms with Gasteiger partial charge in [0.25, 0.3) is 5.91 Å². The van der Waals surface area contributed by atoms with Crippen LogP contribution in [0.15, 0.2) is 39.3 Å². The first-order chi connectivity index (χ1) is 14.3. The fraction of sp³-hybridized carbons (Fsp3) is 0.333. The molecule has 0 saturated carbocycles. The second kappa shape index (κ2) is 10.1. The Morgan fingerprint density at radius 3 is 2.37 bits per heavy atom. The SMILES string of the molecule is CPCc1cc(Br)c(Oc2ccc(O)c(C(=O)N3CCC(C(=O)O)CC3)c2)c(Br)c1. The molecule has 1 aliphatic heterocycles. The van der Waals surface area contributed by atoms with Gasteiger partial charge in [-0.2, -0.15) is 0 Å². The number of hydrogen-bond acceptors (Lipinski definition) is 4. The molecular weight excluding hydrogens is 537 g/mol. The van der Waals surface area contributed by atoms with Crippen molar-refractivity contribution in [1.82, 2.24) is 4.90 Å². The number of piperidine rings is 1. The summed E-state index contributed by atoms with van der Waals surface area (Å²) in [6.45, 7) is 2.83. The van der Waals surface area contributed by atoms with E-state index in [1.165, 1.54) is 17.7 Å². The molecule has 2 aromatic rings. The minimum atomic E-state index is -0.832. The van der Waals surface area contributed by atoms with E-state index in [0.717, 1.165) is 23.7 Å². The number of carboxylic acids is 1. The molecule has 1 amide bonds. The van der Waals surface area contributed by atoms with E-state index in [9.17, 15) is 14.7 Å². The minimum Gasteiger partial charge on any atom is -0.507 e. The highest BCUT2D eigenvalue weighted by atomic mass is 79.9. The van der Waals surface area contributed by atoms with Crippen LogP contribution in [0.1, 0.15) is 28.8 Å². The van der Waals surface area contributed by atoms with Crippen molar-refractivity contribution in [2.24, 2.45) is 5.92 Å². The van der Waals surface area contributed by atoms with Gasteiger partial charge in [-0.05, 0) is 93.4 Å². The first-order valence-electron chi connectivity index (χ1n) is 9.45. The fourth-order valence-electron chi connectivity index (χ4n) is 3.38. The van der Waals surface area contributed by atoms with Crippen LogP contribution in [0.2, 0.25) is 0 Å². The van der Waals surface area contributed by atoms with Gasteiger partial charge in [0.1, 0.15) is 11.5 Å². The highest BCUT2D eigenvalue weighted by Crippen LogP contribution is 2.39. The summed E-state index contributed by atoms with van der Waals surface area (Å²) >= 11 is 7.09. The summed E-state index contributed by atoms with van der Waals surface area (Å²) in [6.07, 6.45) is 1.79. The lowest BCUT2D eigenvalue weighted by Crippen LogP contribution is -2.40. The van der Waals surface area contributed by atoms with Crippen molar-refractivity contribution >= 4 is 52.3 Å². The van der Waals surface area contributed by atoms with E-state index in [2.05, 4.69) is 38.5 Å². The number of nitrogens with zero attached hydrogens (tertiary/aromatic N) is 1. The van der Waals surface area contributed by atoms with Crippen molar-refractivity contribution in [3.63, 3.8) is 0 Å². The number of ether oxygens (including phenoxy) is 1. The maximum Gasteiger partial charge on any atom is 0.306 e. The number of benzene rings is 2. The number of phenolic OH excluding ortho intramolecular Hbond substituents is 1. The topological polar surface area (TPSA) is 87.1 Å². The smallest absolute Gasteiger partial charge is 0.306 e. The quantitative estimate of drug-likeness (QED) is 0.460. The second-order valence-corrected chi connectivity index (χ2v) is 9.87. The first-order valence-corrected chi connectivity index (χ1v) is 12.7. The number of phenols is 1. The second-order valence-electron chi connectivity index (χ2n) is 7.10. The first kappa shape index (κ1) is 23.0. The number of aromatic hydroxyl groups is 1. The van der Waals surface area contributed by atoms with Crippen LogP contribution in [0.3, 0.4) is 0 Å². The van der Waals surface area contributed by atoms with E-state index in [-0.39, 0.29) is 17.2 Å². The molecule has 160 valence electrons. The molecule has 1 unspecified atom stereocenters. The van der Waals surface area contributed by atoms with Gasteiger partial charge in [0.15, 0.2) is 5.75 Å². The van der Waals surface area contributed by atoms with Gasteiger partial charge in [0.05, 0.1) is 20.4 Å². The van der Waals surface area contributed by atoms with E-state index in [4.69, 9.17) is 9.84 Å². The van der Waals surface area contributed by atoms with Crippen LogP contribution in [0.4, 0.5) is 0 Å². The van der Waals surface area contributed by atoms with Gasteiger partial charge in [-0.3, -0.25) is 9.59 Å². The molecule has 2 N–H and O–H groups in total. The minimum absolute atomic E-state index is 0.134. The van der Waals surface area contributed by atoms with Crippen LogP contribution in [-0.2, 0) is 11.0 Å². The van der Waals surface area contributed by atoms with Crippen LogP contribution >= 0.6 is 40.4 Å². The molecule has 1 atom stereocenters. The number of likely N-dealkylation sites (tertiary alicyclic amines) is 1. The average molecular weight is 559 g/mol. The zero-order valence-corrected chi connectivity index (χ0v) is 20.5. The Hall–Kier alpha value is -1.63. The van der Waals surface area contributed by atoms with E-state index >= 15 is 0 Å². The van der Waals surface area contributed by atoms with Crippen LogP contribution in [0.25, 0.3) is 0 Å². The van der Waals surface area contributed by atoms with Crippen LogP contribution in [-0.4, -0.2) is 46.7 Å². The molecule has 0 spiro atoms. The van der Waals surface area contributed by atoms with Gasteiger partial charge in [-0.1, -0.05) is 0 Å². The van der Waals surface area contributed by atoms with Crippen LogP contribution in [0, 0.1) is 5.92 Å². The number of aliphatic carboxylic acids is 1. The number of carboxylic acid groups (broad SMARTS) is 1. The molecular formula is C21H22Br2NO5P. The Kier molecular flexibility index (Phi) is 7.77. The fourth-order valence-corrected chi connectivity index (χ4v) is 5.44. The maximum atomic E-state index is 12.9. The molecule has 0 aromatic heterocycles. The summed E-state index contributed by atoms with van der Waals surface area (Å²) < 4.78 is 7.59. The van der Waals surface area contributed by atoms with E-state index in [1.54, 1.807) is 11.0 Å². The summed E-state index contributed by atoms with van der Waals surface area (Å²) in [7, 11) is 0.806. The number of halogens is 2. The zero-order chi connectivity index (χ0) is 21.8. The normalized spacial score (nSPS) is 15.0. The number of hydrogen-bond donors (Lipinski definition) is 2. The molecule has 1 fully saturated rings. The third-order valence-electron chi connectivity index (χ3n) is 4.99. The number of carbonyl (C=O) groups excluding carboxylic acids is 1. The lowest BCUT2D eigenvalue weighted by molar-refractivity contribution is -0.143. The van der Waals surface area contributed by atoms with Crippen molar-refractivity contribution < 1.29 is 24.5 Å². The van der Waals surface area contributed by atoms with Crippen molar-refractivity contribution in [2.75, 3.05) is 19.8 Å².